The quantitative estimate of drug-likeness (QED) is 0.689. The molecule has 150 valence electrons. The Labute approximate surface area is 159 Å². The molecule has 0 heterocycles. The van der Waals surface area contributed by atoms with Gasteiger partial charge in [0.15, 0.2) is 0 Å². The summed E-state index contributed by atoms with van der Waals surface area (Å²) < 4.78 is 17.6. The number of carbonyl (C=O) groups is 1. The van der Waals surface area contributed by atoms with E-state index in [0.29, 0.717) is 17.6 Å². The van der Waals surface area contributed by atoms with Gasteiger partial charge in [0, 0.05) is 31.0 Å². The van der Waals surface area contributed by atoms with Crippen LogP contribution in [-0.2, 0) is 19.0 Å². The highest BCUT2D eigenvalue weighted by molar-refractivity contribution is 5.87. The zero-order valence-electron chi connectivity index (χ0n) is 17.8. The number of Topliss-reactive ketones (excluding diaryl/α,β-unsaturated/α-hetero) is 1. The number of methoxy groups -OCH3 is 2. The first-order chi connectivity index (χ1) is 12.1. The second-order valence-electron chi connectivity index (χ2n) is 10.1. The molecule has 4 heteroatoms. The molecule has 7 atom stereocenters. The maximum atomic E-state index is 13.5. The summed E-state index contributed by atoms with van der Waals surface area (Å²) in [5, 5.41) is 0. The Morgan fingerprint density at radius 3 is 2.35 bits per heavy atom. The van der Waals surface area contributed by atoms with Crippen LogP contribution in [0.15, 0.2) is 0 Å². The Morgan fingerprint density at radius 1 is 1.08 bits per heavy atom. The summed E-state index contributed by atoms with van der Waals surface area (Å²) in [7, 11) is 3.51. The monoisotopic (exact) mass is 366 g/mol. The first kappa shape index (κ1) is 20.3. The summed E-state index contributed by atoms with van der Waals surface area (Å²) in [6, 6.07) is 0. The van der Waals surface area contributed by atoms with Gasteiger partial charge in [0.25, 0.3) is 0 Å². The van der Waals surface area contributed by atoms with Crippen molar-refractivity contribution in [2.24, 2.45) is 34.0 Å². The Hall–Kier alpha value is -0.450. The molecule has 3 fully saturated rings. The number of carbonyl (C=O) groups excluding carboxylic acids is 1. The van der Waals surface area contributed by atoms with Crippen LogP contribution >= 0.6 is 0 Å². The molecule has 3 unspecified atom stereocenters. The van der Waals surface area contributed by atoms with Crippen LogP contribution in [0.1, 0.15) is 66.7 Å². The molecule has 3 saturated carbocycles. The molecule has 3 aliphatic carbocycles. The fourth-order valence-corrected chi connectivity index (χ4v) is 7.00. The fourth-order valence-electron chi connectivity index (χ4n) is 7.00. The van der Waals surface area contributed by atoms with Crippen LogP contribution in [0.4, 0.5) is 0 Å². The van der Waals surface area contributed by atoms with Gasteiger partial charge in [-0.25, -0.2) is 0 Å². The van der Waals surface area contributed by atoms with Crippen LogP contribution < -0.4 is 0 Å². The normalized spacial score (nSPS) is 48.0. The second kappa shape index (κ2) is 6.86. The molecule has 3 aliphatic rings. The first-order valence-electron chi connectivity index (χ1n) is 10.3. The van der Waals surface area contributed by atoms with E-state index in [9.17, 15) is 4.79 Å². The van der Waals surface area contributed by atoms with Crippen LogP contribution in [0.2, 0.25) is 0 Å². The molecule has 0 spiro atoms. The number of ether oxygens (including phenoxy) is 3. The van der Waals surface area contributed by atoms with Crippen molar-refractivity contribution in [1.82, 2.24) is 0 Å². The van der Waals surface area contributed by atoms with Crippen molar-refractivity contribution >= 4 is 5.78 Å². The SMILES string of the molecule is COCO[C@@H]1CC(C)(C)C(=O)[C@H](C)C23CCC(C)[C@]1(C)C2[C@H](OC)CC3. The second-order valence-corrected chi connectivity index (χ2v) is 10.1. The lowest BCUT2D eigenvalue weighted by Crippen LogP contribution is -2.62. The molecule has 0 N–H and O–H groups in total. The van der Waals surface area contributed by atoms with E-state index >= 15 is 0 Å². The van der Waals surface area contributed by atoms with E-state index in [2.05, 4.69) is 34.6 Å². The zero-order valence-corrected chi connectivity index (χ0v) is 17.8. The Kier molecular flexibility index (Phi) is 5.35. The molecule has 0 saturated heterocycles. The molecular weight excluding hydrogens is 328 g/mol. The highest BCUT2D eigenvalue weighted by Crippen LogP contribution is 2.68. The van der Waals surface area contributed by atoms with E-state index < -0.39 is 0 Å². The number of hydrogen-bond acceptors (Lipinski definition) is 4. The number of rotatable bonds is 4. The van der Waals surface area contributed by atoms with Gasteiger partial charge in [0.1, 0.15) is 12.6 Å². The van der Waals surface area contributed by atoms with Crippen molar-refractivity contribution < 1.29 is 19.0 Å². The predicted octanol–water partition coefficient (Wildman–Crippen LogP) is 4.46. The molecule has 0 aromatic carbocycles. The number of hydrogen-bond donors (Lipinski definition) is 0. The average Bonchev–Trinajstić information content (AvgIpc) is 3.00. The molecular formula is C22H38O4. The van der Waals surface area contributed by atoms with Crippen LogP contribution in [0, 0.1) is 34.0 Å². The minimum Gasteiger partial charge on any atom is -0.381 e. The smallest absolute Gasteiger partial charge is 0.146 e. The van der Waals surface area contributed by atoms with Crippen LogP contribution in [0.5, 0.6) is 0 Å². The summed E-state index contributed by atoms with van der Waals surface area (Å²) in [5.74, 6) is 1.38. The molecule has 0 aromatic heterocycles. The number of ketones is 1. The molecule has 0 aliphatic heterocycles. The summed E-state index contributed by atoms with van der Waals surface area (Å²) in [6.45, 7) is 11.5. The summed E-state index contributed by atoms with van der Waals surface area (Å²) in [5.41, 5.74) is -0.342. The molecule has 0 aromatic rings. The van der Waals surface area contributed by atoms with E-state index in [0.717, 1.165) is 32.1 Å². The van der Waals surface area contributed by atoms with E-state index in [1.807, 2.05) is 7.11 Å². The minimum atomic E-state index is -0.376. The van der Waals surface area contributed by atoms with Gasteiger partial charge in [-0.2, -0.15) is 0 Å². The standard InChI is InChI=1S/C22H38O4/c1-14-8-10-22-11-9-16(25-7)18(22)21(14,5)17(26-13-24-6)12-20(3,4)19(23)15(22)2/h14-18H,8-13H2,1-7H3/t14?,15-,16+,17+,18?,21-,22?/m0/s1. The topological polar surface area (TPSA) is 44.8 Å². The van der Waals surface area contributed by atoms with Crippen molar-refractivity contribution in [2.45, 2.75) is 78.9 Å². The highest BCUT2D eigenvalue weighted by Gasteiger charge is 2.67. The third kappa shape index (κ3) is 2.70. The third-order valence-corrected chi connectivity index (χ3v) is 8.66. The predicted molar refractivity (Wildman–Crippen MR) is 102 cm³/mol. The van der Waals surface area contributed by atoms with Crippen molar-refractivity contribution in [1.29, 1.82) is 0 Å². The Balaban J connectivity index is 2.16. The Bertz CT molecular complexity index is 544. The maximum absolute atomic E-state index is 13.5. The summed E-state index contributed by atoms with van der Waals surface area (Å²) in [6.07, 6.45) is 5.42. The third-order valence-electron chi connectivity index (χ3n) is 8.66. The lowest BCUT2D eigenvalue weighted by Gasteiger charge is -2.62. The van der Waals surface area contributed by atoms with Gasteiger partial charge in [0.05, 0.1) is 12.2 Å². The largest absolute Gasteiger partial charge is 0.381 e. The van der Waals surface area contributed by atoms with E-state index in [1.54, 1.807) is 7.11 Å². The lowest BCUT2D eigenvalue weighted by molar-refractivity contribution is -0.218. The Morgan fingerprint density at radius 2 is 1.73 bits per heavy atom. The minimum absolute atomic E-state index is 0.00400. The average molecular weight is 367 g/mol. The molecule has 0 amide bonds. The van der Waals surface area contributed by atoms with Gasteiger partial charge in [0.2, 0.25) is 0 Å². The van der Waals surface area contributed by atoms with Gasteiger partial charge in [-0.05, 0) is 49.4 Å². The fraction of sp³-hybridized carbons (Fsp3) is 0.955. The summed E-state index contributed by atoms with van der Waals surface area (Å²) >= 11 is 0. The maximum Gasteiger partial charge on any atom is 0.146 e. The van der Waals surface area contributed by atoms with Crippen LogP contribution in [0.25, 0.3) is 0 Å². The molecule has 4 nitrogen and oxygen atoms in total. The van der Waals surface area contributed by atoms with Crippen molar-refractivity contribution in [2.75, 3.05) is 21.0 Å². The zero-order chi connectivity index (χ0) is 19.3. The lowest BCUT2D eigenvalue weighted by atomic mass is 9.44. The molecule has 3 rings (SSSR count). The van der Waals surface area contributed by atoms with Crippen molar-refractivity contribution in [3.63, 3.8) is 0 Å². The highest BCUT2D eigenvalue weighted by atomic mass is 16.7. The van der Waals surface area contributed by atoms with Crippen molar-refractivity contribution in [3.8, 4) is 0 Å². The van der Waals surface area contributed by atoms with Crippen LogP contribution in [-0.4, -0.2) is 39.0 Å². The van der Waals surface area contributed by atoms with Gasteiger partial charge >= 0.3 is 0 Å². The van der Waals surface area contributed by atoms with Gasteiger partial charge in [-0.1, -0.05) is 34.6 Å². The molecule has 0 radical (unpaired) electrons. The van der Waals surface area contributed by atoms with E-state index in [-0.39, 0.29) is 41.2 Å². The summed E-state index contributed by atoms with van der Waals surface area (Å²) in [4.78, 5) is 13.5. The molecule has 2 bridgehead atoms. The van der Waals surface area contributed by atoms with Crippen molar-refractivity contribution in [3.05, 3.63) is 0 Å². The van der Waals surface area contributed by atoms with E-state index in [4.69, 9.17) is 14.2 Å². The van der Waals surface area contributed by atoms with Gasteiger partial charge < -0.3 is 14.2 Å². The first-order valence-corrected chi connectivity index (χ1v) is 10.3. The molecule has 26 heavy (non-hydrogen) atoms. The van der Waals surface area contributed by atoms with Gasteiger partial charge in [-0.3, -0.25) is 4.79 Å². The van der Waals surface area contributed by atoms with Crippen LogP contribution in [0.3, 0.4) is 0 Å². The van der Waals surface area contributed by atoms with Gasteiger partial charge in [-0.15, -0.1) is 0 Å². The van der Waals surface area contributed by atoms with E-state index in [1.165, 1.54) is 0 Å².